The van der Waals surface area contributed by atoms with E-state index in [-0.39, 0.29) is 35.4 Å². The van der Waals surface area contributed by atoms with Gasteiger partial charge in [-0.05, 0) is 37.1 Å². The van der Waals surface area contributed by atoms with Crippen LogP contribution in [0.3, 0.4) is 0 Å². The number of carboxylic acids is 1. The molecule has 1 fully saturated rings. The van der Waals surface area contributed by atoms with E-state index in [4.69, 9.17) is 5.11 Å². The predicted octanol–water partition coefficient (Wildman–Crippen LogP) is 0.532. The van der Waals surface area contributed by atoms with Gasteiger partial charge in [0.25, 0.3) is 0 Å². The number of carbonyl (C=O) groups excluding carboxylic acids is 1. The quantitative estimate of drug-likeness (QED) is 0.840. The van der Waals surface area contributed by atoms with Crippen molar-refractivity contribution >= 4 is 21.9 Å². The van der Waals surface area contributed by atoms with Crippen LogP contribution in [0.15, 0.2) is 29.2 Å². The van der Waals surface area contributed by atoms with Crippen LogP contribution in [0.1, 0.15) is 23.2 Å². The van der Waals surface area contributed by atoms with Crippen LogP contribution in [0, 0.1) is 5.92 Å². The zero-order valence-electron chi connectivity index (χ0n) is 12.2. The van der Waals surface area contributed by atoms with Crippen molar-refractivity contribution in [3.63, 3.8) is 0 Å². The number of benzene rings is 1. The first-order valence-electron chi connectivity index (χ1n) is 6.91. The second-order valence-corrected chi connectivity index (χ2v) is 7.06. The maximum absolute atomic E-state index is 12.5. The first-order valence-corrected chi connectivity index (χ1v) is 8.35. The average molecular weight is 326 g/mol. The van der Waals surface area contributed by atoms with Gasteiger partial charge in [0, 0.05) is 26.1 Å². The van der Waals surface area contributed by atoms with Crippen LogP contribution >= 0.6 is 0 Å². The second kappa shape index (κ2) is 6.45. The van der Waals surface area contributed by atoms with Crippen LogP contribution in [-0.2, 0) is 14.8 Å². The molecule has 0 unspecified atom stereocenters. The summed E-state index contributed by atoms with van der Waals surface area (Å²) in [7, 11) is -2.09. The minimum atomic E-state index is -3.65. The highest BCUT2D eigenvalue weighted by Crippen LogP contribution is 2.24. The van der Waals surface area contributed by atoms with Gasteiger partial charge in [-0.15, -0.1) is 0 Å². The molecule has 0 aliphatic carbocycles. The molecule has 1 aliphatic heterocycles. The molecule has 1 aliphatic rings. The van der Waals surface area contributed by atoms with Crippen molar-refractivity contribution in [1.29, 1.82) is 0 Å². The van der Waals surface area contributed by atoms with Gasteiger partial charge >= 0.3 is 5.97 Å². The van der Waals surface area contributed by atoms with Crippen LogP contribution in [0.4, 0.5) is 0 Å². The molecule has 120 valence electrons. The minimum Gasteiger partial charge on any atom is -0.478 e. The van der Waals surface area contributed by atoms with Gasteiger partial charge in [-0.2, -0.15) is 4.31 Å². The fraction of sp³-hybridized carbons (Fsp3) is 0.429. The van der Waals surface area contributed by atoms with E-state index in [1.165, 1.54) is 28.6 Å². The van der Waals surface area contributed by atoms with Crippen molar-refractivity contribution in [3.05, 3.63) is 29.8 Å². The van der Waals surface area contributed by atoms with Gasteiger partial charge in [0.05, 0.1) is 10.5 Å². The minimum absolute atomic E-state index is 0.0391. The van der Waals surface area contributed by atoms with E-state index in [9.17, 15) is 18.0 Å². The third kappa shape index (κ3) is 3.28. The van der Waals surface area contributed by atoms with Gasteiger partial charge < -0.3 is 10.4 Å². The molecular weight excluding hydrogens is 308 g/mol. The molecule has 1 heterocycles. The van der Waals surface area contributed by atoms with Gasteiger partial charge in [-0.3, -0.25) is 4.79 Å². The molecule has 8 heteroatoms. The number of carbonyl (C=O) groups is 2. The molecule has 0 radical (unpaired) electrons. The Morgan fingerprint density at radius 1 is 1.18 bits per heavy atom. The van der Waals surface area contributed by atoms with Crippen molar-refractivity contribution in [2.45, 2.75) is 17.7 Å². The number of nitrogens with zero attached hydrogens (tertiary/aromatic N) is 1. The standard InChI is InChI=1S/C14H18N2O5S/c1-15-13(17)10-6-8-16(9-7-10)22(20,21)12-4-2-11(3-5-12)14(18)19/h2-5,10H,6-9H2,1H3,(H,15,17)(H,18,19). The Hall–Kier alpha value is -1.93. The predicted molar refractivity (Wildman–Crippen MR) is 79.0 cm³/mol. The van der Waals surface area contributed by atoms with E-state index in [1.807, 2.05) is 0 Å². The maximum atomic E-state index is 12.5. The Morgan fingerprint density at radius 3 is 2.18 bits per heavy atom. The first-order chi connectivity index (χ1) is 10.4. The summed E-state index contributed by atoms with van der Waals surface area (Å²) in [5.74, 6) is -1.33. The maximum Gasteiger partial charge on any atom is 0.335 e. The Bertz CT molecular complexity index is 661. The lowest BCUT2D eigenvalue weighted by Crippen LogP contribution is -2.42. The highest BCUT2D eigenvalue weighted by atomic mass is 32.2. The number of aromatic carboxylic acids is 1. The van der Waals surface area contributed by atoms with Crippen molar-refractivity contribution in [3.8, 4) is 0 Å². The van der Waals surface area contributed by atoms with Crippen molar-refractivity contribution < 1.29 is 23.1 Å². The van der Waals surface area contributed by atoms with Crippen molar-refractivity contribution in [2.24, 2.45) is 5.92 Å². The lowest BCUT2D eigenvalue weighted by Gasteiger charge is -2.30. The first kappa shape index (κ1) is 16.4. The number of sulfonamides is 1. The van der Waals surface area contributed by atoms with Crippen LogP contribution in [0.25, 0.3) is 0 Å². The number of piperidine rings is 1. The molecule has 0 bridgehead atoms. The van der Waals surface area contributed by atoms with Crippen LogP contribution in [0.5, 0.6) is 0 Å². The van der Waals surface area contributed by atoms with E-state index in [2.05, 4.69) is 5.32 Å². The van der Waals surface area contributed by atoms with Gasteiger partial charge in [-0.1, -0.05) is 0 Å². The smallest absolute Gasteiger partial charge is 0.335 e. The average Bonchev–Trinajstić information content (AvgIpc) is 2.54. The van der Waals surface area contributed by atoms with Crippen LogP contribution < -0.4 is 5.32 Å². The van der Waals surface area contributed by atoms with Crippen molar-refractivity contribution in [2.75, 3.05) is 20.1 Å². The molecule has 22 heavy (non-hydrogen) atoms. The number of hydrogen-bond acceptors (Lipinski definition) is 4. The summed E-state index contributed by atoms with van der Waals surface area (Å²) in [6, 6.07) is 5.13. The SMILES string of the molecule is CNC(=O)C1CCN(S(=O)(=O)c2ccc(C(=O)O)cc2)CC1. The molecule has 1 aromatic carbocycles. The molecule has 0 saturated carbocycles. The van der Waals surface area contributed by atoms with E-state index >= 15 is 0 Å². The number of carboxylic acid groups (broad SMARTS) is 1. The summed E-state index contributed by atoms with van der Waals surface area (Å²) in [5.41, 5.74) is 0.0391. The van der Waals surface area contributed by atoms with E-state index in [0.29, 0.717) is 12.8 Å². The summed E-state index contributed by atoms with van der Waals surface area (Å²) >= 11 is 0. The largest absolute Gasteiger partial charge is 0.478 e. The normalized spacial score (nSPS) is 17.1. The topological polar surface area (TPSA) is 104 Å². The van der Waals surface area contributed by atoms with Gasteiger partial charge in [0.15, 0.2) is 0 Å². The number of nitrogens with one attached hydrogen (secondary N) is 1. The Balaban J connectivity index is 2.11. The van der Waals surface area contributed by atoms with Gasteiger partial charge in [-0.25, -0.2) is 13.2 Å². The van der Waals surface area contributed by atoms with E-state index in [1.54, 1.807) is 7.05 Å². The third-order valence-electron chi connectivity index (χ3n) is 3.81. The summed E-state index contributed by atoms with van der Waals surface area (Å²) < 4.78 is 26.3. The Morgan fingerprint density at radius 2 is 1.73 bits per heavy atom. The zero-order valence-corrected chi connectivity index (χ0v) is 13.0. The molecule has 7 nitrogen and oxygen atoms in total. The Labute approximate surface area is 129 Å². The molecule has 1 amide bonds. The van der Waals surface area contributed by atoms with Gasteiger partial charge in [0.1, 0.15) is 0 Å². The molecule has 0 spiro atoms. The van der Waals surface area contributed by atoms with Gasteiger partial charge in [0.2, 0.25) is 15.9 Å². The van der Waals surface area contributed by atoms with E-state index in [0.717, 1.165) is 0 Å². The Kier molecular flexibility index (Phi) is 4.82. The highest BCUT2D eigenvalue weighted by Gasteiger charge is 2.31. The monoisotopic (exact) mass is 326 g/mol. The molecule has 1 aromatic rings. The number of amides is 1. The molecule has 2 rings (SSSR count). The lowest BCUT2D eigenvalue weighted by atomic mass is 9.97. The molecule has 0 atom stereocenters. The number of rotatable bonds is 4. The van der Waals surface area contributed by atoms with Crippen LogP contribution in [0.2, 0.25) is 0 Å². The summed E-state index contributed by atoms with van der Waals surface area (Å²) in [4.78, 5) is 22.4. The fourth-order valence-corrected chi connectivity index (χ4v) is 3.95. The molecular formula is C14H18N2O5S. The van der Waals surface area contributed by atoms with Crippen LogP contribution in [-0.4, -0.2) is 49.8 Å². The lowest BCUT2D eigenvalue weighted by molar-refractivity contribution is -0.125. The molecule has 2 N–H and O–H groups in total. The van der Waals surface area contributed by atoms with E-state index < -0.39 is 16.0 Å². The summed E-state index contributed by atoms with van der Waals surface area (Å²) in [6.07, 6.45) is 0.957. The zero-order chi connectivity index (χ0) is 16.3. The summed E-state index contributed by atoms with van der Waals surface area (Å²) in [5, 5.41) is 11.4. The van der Waals surface area contributed by atoms with Crippen molar-refractivity contribution in [1.82, 2.24) is 9.62 Å². The molecule has 1 saturated heterocycles. The highest BCUT2D eigenvalue weighted by molar-refractivity contribution is 7.89. The fourth-order valence-electron chi connectivity index (χ4n) is 2.48. The third-order valence-corrected chi connectivity index (χ3v) is 5.72. The summed E-state index contributed by atoms with van der Waals surface area (Å²) in [6.45, 7) is 0.558. The number of hydrogen-bond donors (Lipinski definition) is 2. The molecule has 0 aromatic heterocycles. The second-order valence-electron chi connectivity index (χ2n) is 5.12.